The SMILES string of the molecule is CCOC#[C][Ge]([CH3])([CH3])[CH3]. The summed E-state index contributed by atoms with van der Waals surface area (Å²) in [6.07, 6.45) is 2.71. The van der Waals surface area contributed by atoms with Crippen LogP contribution in [0.4, 0.5) is 0 Å². The summed E-state index contributed by atoms with van der Waals surface area (Å²) in [6.45, 7) is 2.65. The third-order valence-electron chi connectivity index (χ3n) is 0.643. The van der Waals surface area contributed by atoms with Crippen LogP contribution in [0.3, 0.4) is 0 Å². The Hall–Kier alpha value is -0.0971. The molecule has 0 saturated carbocycles. The molecule has 1 nitrogen and oxygen atoms in total. The van der Waals surface area contributed by atoms with Crippen LogP contribution < -0.4 is 0 Å². The Kier molecular flexibility index (Phi) is 3.80. The van der Waals surface area contributed by atoms with E-state index in [-0.39, 0.29) is 0 Å². The number of hydrogen-bond acceptors (Lipinski definition) is 1. The third kappa shape index (κ3) is 7.90. The minimum absolute atomic E-state index is 0.700. The van der Waals surface area contributed by atoms with Crippen LogP contribution in [-0.2, 0) is 4.74 Å². The van der Waals surface area contributed by atoms with Gasteiger partial charge in [0.1, 0.15) is 0 Å². The van der Waals surface area contributed by atoms with Crippen molar-refractivity contribution in [3.63, 3.8) is 0 Å². The van der Waals surface area contributed by atoms with Crippen molar-refractivity contribution < 1.29 is 4.74 Å². The predicted molar refractivity (Wildman–Crippen MR) is 42.7 cm³/mol. The van der Waals surface area contributed by atoms with Gasteiger partial charge >= 0.3 is 59.7 Å². The Morgan fingerprint density at radius 2 is 1.89 bits per heavy atom. The van der Waals surface area contributed by atoms with E-state index >= 15 is 0 Å². The van der Waals surface area contributed by atoms with Crippen molar-refractivity contribution in [1.29, 1.82) is 0 Å². The van der Waals surface area contributed by atoms with Gasteiger partial charge in [0.2, 0.25) is 0 Å². The summed E-state index contributed by atoms with van der Waals surface area (Å²) in [5.74, 6) is 6.73. The van der Waals surface area contributed by atoms with Gasteiger partial charge < -0.3 is 0 Å². The second kappa shape index (κ2) is 3.84. The molecule has 0 heterocycles. The van der Waals surface area contributed by atoms with E-state index in [0.29, 0.717) is 6.61 Å². The van der Waals surface area contributed by atoms with E-state index < -0.39 is 13.3 Å². The first-order chi connectivity index (χ1) is 4.06. The molecule has 0 fully saturated rings. The zero-order valence-electron chi connectivity index (χ0n) is 6.62. The molecule has 9 heavy (non-hydrogen) atoms. The first kappa shape index (κ1) is 8.90. The second-order valence-corrected chi connectivity index (χ2v) is 12.9. The summed E-state index contributed by atoms with van der Waals surface area (Å²) in [7, 11) is 0. The summed E-state index contributed by atoms with van der Waals surface area (Å²) < 4.78 is 8.03. The molecular weight excluding hydrogens is 173 g/mol. The van der Waals surface area contributed by atoms with E-state index in [2.05, 4.69) is 28.1 Å². The van der Waals surface area contributed by atoms with Crippen molar-refractivity contribution in [3.8, 4) is 10.9 Å². The van der Waals surface area contributed by atoms with Gasteiger partial charge in [-0.05, 0) is 0 Å². The summed E-state index contributed by atoms with van der Waals surface area (Å²) in [6, 6.07) is 0. The van der Waals surface area contributed by atoms with E-state index in [1.54, 1.807) is 0 Å². The van der Waals surface area contributed by atoms with Crippen molar-refractivity contribution >= 4 is 13.3 Å². The van der Waals surface area contributed by atoms with Crippen molar-refractivity contribution in [2.75, 3.05) is 6.61 Å². The van der Waals surface area contributed by atoms with Gasteiger partial charge in [0.05, 0.1) is 0 Å². The molecule has 0 aromatic carbocycles. The molecule has 0 aliphatic heterocycles. The fourth-order valence-corrected chi connectivity index (χ4v) is 1.06. The summed E-state index contributed by atoms with van der Waals surface area (Å²) in [5, 5.41) is 0. The first-order valence-electron chi connectivity index (χ1n) is 3.20. The van der Waals surface area contributed by atoms with Crippen LogP contribution >= 0.6 is 0 Å². The molecule has 0 aromatic rings. The van der Waals surface area contributed by atoms with Crippen molar-refractivity contribution in [2.45, 2.75) is 24.2 Å². The van der Waals surface area contributed by atoms with Gasteiger partial charge in [0.15, 0.2) is 0 Å². The number of rotatable bonds is 1. The Bertz CT molecular complexity index is 124. The van der Waals surface area contributed by atoms with Crippen LogP contribution in [0.15, 0.2) is 0 Å². The van der Waals surface area contributed by atoms with Crippen LogP contribution in [0.25, 0.3) is 0 Å². The third-order valence-corrected chi connectivity index (χ3v) is 2.43. The maximum atomic E-state index is 4.90. The molecule has 0 aliphatic carbocycles. The predicted octanol–water partition coefficient (Wildman–Crippen LogP) is 1.86. The van der Waals surface area contributed by atoms with Crippen molar-refractivity contribution in [2.24, 2.45) is 0 Å². The number of ether oxygens (including phenoxy) is 1. The van der Waals surface area contributed by atoms with Crippen LogP contribution in [0.5, 0.6) is 0 Å². The maximum absolute atomic E-state index is 4.90. The van der Waals surface area contributed by atoms with Crippen molar-refractivity contribution in [3.05, 3.63) is 0 Å². The van der Waals surface area contributed by atoms with Gasteiger partial charge in [-0.2, -0.15) is 0 Å². The second-order valence-electron chi connectivity index (χ2n) is 2.91. The van der Waals surface area contributed by atoms with E-state index in [0.717, 1.165) is 0 Å². The monoisotopic (exact) mass is 188 g/mol. The molecule has 0 aromatic heterocycles. The van der Waals surface area contributed by atoms with E-state index in [9.17, 15) is 0 Å². The van der Waals surface area contributed by atoms with Crippen LogP contribution in [-0.4, -0.2) is 19.9 Å². The van der Waals surface area contributed by atoms with Crippen LogP contribution in [0.1, 0.15) is 6.92 Å². The fourth-order valence-electron chi connectivity index (χ4n) is 0.261. The Labute approximate surface area is 60.1 Å². The zero-order valence-corrected chi connectivity index (χ0v) is 8.71. The van der Waals surface area contributed by atoms with Crippen LogP contribution in [0.2, 0.25) is 17.3 Å². The molecule has 0 unspecified atom stereocenters. The van der Waals surface area contributed by atoms with E-state index in [1.807, 2.05) is 6.92 Å². The molecule has 0 saturated heterocycles. The first-order valence-corrected chi connectivity index (χ1v) is 10.5. The van der Waals surface area contributed by atoms with Crippen molar-refractivity contribution in [1.82, 2.24) is 0 Å². The quantitative estimate of drug-likeness (QED) is 0.449. The van der Waals surface area contributed by atoms with Gasteiger partial charge in [0.25, 0.3) is 0 Å². The average molecular weight is 187 g/mol. The molecule has 0 spiro atoms. The summed E-state index contributed by atoms with van der Waals surface area (Å²) >= 11 is -1.62. The Morgan fingerprint density at radius 1 is 1.33 bits per heavy atom. The Morgan fingerprint density at radius 3 is 2.22 bits per heavy atom. The van der Waals surface area contributed by atoms with E-state index in [4.69, 9.17) is 4.74 Å². The molecule has 0 N–H and O–H groups in total. The molecule has 0 radical (unpaired) electrons. The molecule has 52 valence electrons. The Balaban J connectivity index is 3.59. The fraction of sp³-hybridized carbons (Fsp3) is 0.714. The molecule has 2 heteroatoms. The summed E-state index contributed by atoms with van der Waals surface area (Å²) in [5.41, 5.74) is 0. The normalized spacial score (nSPS) is 9.78. The van der Waals surface area contributed by atoms with E-state index in [1.165, 1.54) is 0 Å². The molecule has 0 aliphatic rings. The molecular formula is C7H14GeO. The minimum atomic E-state index is -1.62. The molecule has 0 atom stereocenters. The topological polar surface area (TPSA) is 9.23 Å². The average Bonchev–Trinajstić information content (AvgIpc) is 1.63. The van der Waals surface area contributed by atoms with Gasteiger partial charge in [-0.1, -0.05) is 0 Å². The molecule has 0 rings (SSSR count). The van der Waals surface area contributed by atoms with Crippen LogP contribution in [0, 0.1) is 10.9 Å². The number of hydrogen-bond donors (Lipinski definition) is 0. The summed E-state index contributed by atoms with van der Waals surface area (Å²) in [4.78, 5) is 0. The standard InChI is InChI=1S/C7H14GeO/c1-5-9-7-6-8(2,3)4/h5H2,1-4H3. The molecule has 0 amide bonds. The molecule has 0 bridgehead atoms. The van der Waals surface area contributed by atoms with Gasteiger partial charge in [-0.25, -0.2) is 0 Å². The van der Waals surface area contributed by atoms with Gasteiger partial charge in [-0.3, -0.25) is 0 Å². The van der Waals surface area contributed by atoms with Gasteiger partial charge in [0, 0.05) is 0 Å². The van der Waals surface area contributed by atoms with Gasteiger partial charge in [-0.15, -0.1) is 0 Å². The zero-order chi connectivity index (χ0) is 7.33.